The number of hydrogen-bond acceptors (Lipinski definition) is 1. The molecule has 5 heteroatoms. The van der Waals surface area contributed by atoms with Crippen LogP contribution in [0.15, 0.2) is 40.9 Å². The van der Waals surface area contributed by atoms with Gasteiger partial charge in [-0.2, -0.15) is 0 Å². The normalized spacial score (nSPS) is 12.5. The van der Waals surface area contributed by atoms with Crippen molar-refractivity contribution < 1.29 is 13.9 Å². The molecule has 0 aliphatic carbocycles. The van der Waals surface area contributed by atoms with Crippen LogP contribution in [0.25, 0.3) is 0 Å². The van der Waals surface area contributed by atoms with Gasteiger partial charge in [-0.05, 0) is 35.4 Å². The lowest BCUT2D eigenvalue weighted by molar-refractivity contribution is 0.177. The van der Waals surface area contributed by atoms with E-state index in [0.717, 1.165) is 12.1 Å². The second-order valence-electron chi connectivity index (χ2n) is 4.13. The Bertz CT molecular complexity index is 604. The molecule has 100 valence electrons. The van der Waals surface area contributed by atoms with Crippen LogP contribution in [0.3, 0.4) is 0 Å². The molecule has 0 aromatic heterocycles. The Labute approximate surface area is 123 Å². The number of benzene rings is 2. The molecule has 0 amide bonds. The van der Waals surface area contributed by atoms with Crippen molar-refractivity contribution in [2.24, 2.45) is 0 Å². The van der Waals surface area contributed by atoms with Gasteiger partial charge < -0.3 is 5.11 Å². The summed E-state index contributed by atoms with van der Waals surface area (Å²) < 4.78 is 26.6. The summed E-state index contributed by atoms with van der Waals surface area (Å²) in [6.07, 6.45) is -0.631. The van der Waals surface area contributed by atoms with Crippen LogP contribution in [0, 0.1) is 11.6 Å². The molecule has 0 radical (unpaired) electrons. The van der Waals surface area contributed by atoms with Gasteiger partial charge in [-0.15, -0.1) is 0 Å². The van der Waals surface area contributed by atoms with E-state index >= 15 is 0 Å². The van der Waals surface area contributed by atoms with E-state index < -0.39 is 17.7 Å². The van der Waals surface area contributed by atoms with E-state index in [1.165, 1.54) is 6.07 Å². The summed E-state index contributed by atoms with van der Waals surface area (Å²) in [6.45, 7) is 0. The summed E-state index contributed by atoms with van der Waals surface area (Å²) in [7, 11) is 0. The number of hydrogen-bond donors (Lipinski definition) is 1. The fraction of sp³-hybridized carbons (Fsp3) is 0.143. The predicted molar refractivity (Wildman–Crippen MR) is 74.2 cm³/mol. The molecule has 2 rings (SSSR count). The van der Waals surface area contributed by atoms with Crippen molar-refractivity contribution in [3.8, 4) is 0 Å². The summed E-state index contributed by atoms with van der Waals surface area (Å²) in [5.74, 6) is -1.81. The van der Waals surface area contributed by atoms with E-state index in [4.69, 9.17) is 11.6 Å². The second kappa shape index (κ2) is 5.99. The van der Waals surface area contributed by atoms with Gasteiger partial charge in [-0.1, -0.05) is 39.7 Å². The molecule has 0 saturated carbocycles. The fourth-order valence-corrected chi connectivity index (χ4v) is 2.72. The van der Waals surface area contributed by atoms with Gasteiger partial charge in [-0.3, -0.25) is 0 Å². The maximum Gasteiger partial charge on any atom is 0.159 e. The van der Waals surface area contributed by atoms with Crippen molar-refractivity contribution in [3.63, 3.8) is 0 Å². The van der Waals surface area contributed by atoms with Crippen LogP contribution in [-0.2, 0) is 6.42 Å². The van der Waals surface area contributed by atoms with Crippen molar-refractivity contribution in [3.05, 3.63) is 68.7 Å². The van der Waals surface area contributed by atoms with Crippen LogP contribution < -0.4 is 0 Å². The molecule has 2 aromatic carbocycles. The average molecular weight is 348 g/mol. The standard InChI is InChI=1S/C14H10BrClF2O/c15-11-7-9(16)2-3-10(11)14(19)6-8-1-4-12(17)13(18)5-8/h1-5,7,14,19H,6H2. The van der Waals surface area contributed by atoms with Gasteiger partial charge in [0.1, 0.15) is 0 Å². The first-order chi connectivity index (χ1) is 8.97. The van der Waals surface area contributed by atoms with Crippen molar-refractivity contribution in [1.82, 2.24) is 0 Å². The Hall–Kier alpha value is -0.970. The van der Waals surface area contributed by atoms with Gasteiger partial charge in [-0.25, -0.2) is 8.78 Å². The zero-order valence-electron chi connectivity index (χ0n) is 9.71. The maximum absolute atomic E-state index is 13.1. The first-order valence-electron chi connectivity index (χ1n) is 5.54. The molecule has 19 heavy (non-hydrogen) atoms. The highest BCUT2D eigenvalue weighted by Crippen LogP contribution is 2.28. The third kappa shape index (κ3) is 3.53. The molecule has 0 aliphatic rings. The van der Waals surface area contributed by atoms with Crippen molar-refractivity contribution in [2.45, 2.75) is 12.5 Å². The third-order valence-corrected chi connectivity index (χ3v) is 3.66. The molecular weight excluding hydrogens is 338 g/mol. The number of aliphatic hydroxyl groups is 1. The lowest BCUT2D eigenvalue weighted by atomic mass is 10.0. The SMILES string of the molecule is OC(Cc1ccc(F)c(F)c1)c1ccc(Cl)cc1Br. The molecule has 2 aromatic rings. The predicted octanol–water partition coefficient (Wildman–Crippen LogP) is 4.66. The highest BCUT2D eigenvalue weighted by Gasteiger charge is 2.13. The summed E-state index contributed by atoms with van der Waals surface area (Å²) >= 11 is 9.13. The van der Waals surface area contributed by atoms with Gasteiger partial charge in [0.2, 0.25) is 0 Å². The molecule has 1 unspecified atom stereocenters. The highest BCUT2D eigenvalue weighted by molar-refractivity contribution is 9.10. The molecule has 1 nitrogen and oxygen atoms in total. The average Bonchev–Trinajstić information content (AvgIpc) is 2.33. The smallest absolute Gasteiger partial charge is 0.159 e. The van der Waals surface area contributed by atoms with E-state index in [-0.39, 0.29) is 6.42 Å². The van der Waals surface area contributed by atoms with E-state index in [2.05, 4.69) is 15.9 Å². The van der Waals surface area contributed by atoms with E-state index in [9.17, 15) is 13.9 Å². The molecule has 0 aliphatic heterocycles. The minimum atomic E-state index is -0.917. The lowest BCUT2D eigenvalue weighted by Crippen LogP contribution is -2.03. The first kappa shape index (κ1) is 14.4. The van der Waals surface area contributed by atoms with Crippen molar-refractivity contribution >= 4 is 27.5 Å². The zero-order chi connectivity index (χ0) is 14.0. The topological polar surface area (TPSA) is 20.2 Å². The molecule has 1 N–H and O–H groups in total. The number of rotatable bonds is 3. The highest BCUT2D eigenvalue weighted by atomic mass is 79.9. The monoisotopic (exact) mass is 346 g/mol. The molecule has 0 fully saturated rings. The Morgan fingerprint density at radius 1 is 1.11 bits per heavy atom. The minimum Gasteiger partial charge on any atom is -0.388 e. The Morgan fingerprint density at radius 2 is 1.84 bits per heavy atom. The number of halogens is 4. The molecule has 0 spiro atoms. The van der Waals surface area contributed by atoms with Crippen molar-refractivity contribution in [1.29, 1.82) is 0 Å². The minimum absolute atomic E-state index is 0.192. The maximum atomic E-state index is 13.1. The molecular formula is C14H10BrClF2O. The van der Waals surface area contributed by atoms with Crippen LogP contribution in [0.2, 0.25) is 5.02 Å². The second-order valence-corrected chi connectivity index (χ2v) is 5.42. The lowest BCUT2D eigenvalue weighted by Gasteiger charge is -2.13. The van der Waals surface area contributed by atoms with Gasteiger partial charge in [0.25, 0.3) is 0 Å². The van der Waals surface area contributed by atoms with Crippen LogP contribution in [0.1, 0.15) is 17.2 Å². The Morgan fingerprint density at radius 3 is 2.47 bits per heavy atom. The van der Waals surface area contributed by atoms with Crippen molar-refractivity contribution in [2.75, 3.05) is 0 Å². The third-order valence-electron chi connectivity index (χ3n) is 2.73. The fourth-order valence-electron chi connectivity index (χ4n) is 1.77. The van der Waals surface area contributed by atoms with Gasteiger partial charge >= 0.3 is 0 Å². The summed E-state index contributed by atoms with van der Waals surface area (Å²) in [5, 5.41) is 10.7. The molecule has 0 heterocycles. The summed E-state index contributed by atoms with van der Waals surface area (Å²) in [6, 6.07) is 8.61. The van der Waals surface area contributed by atoms with E-state index in [0.29, 0.717) is 20.6 Å². The van der Waals surface area contributed by atoms with Crippen LogP contribution >= 0.6 is 27.5 Å². The van der Waals surface area contributed by atoms with Gasteiger partial charge in [0.15, 0.2) is 11.6 Å². The summed E-state index contributed by atoms with van der Waals surface area (Å²) in [5.41, 5.74) is 1.17. The molecule has 1 atom stereocenters. The molecule has 0 bridgehead atoms. The zero-order valence-corrected chi connectivity index (χ0v) is 12.0. The Kier molecular flexibility index (Phi) is 4.55. The van der Waals surface area contributed by atoms with E-state index in [1.807, 2.05) is 0 Å². The summed E-state index contributed by atoms with van der Waals surface area (Å²) in [4.78, 5) is 0. The van der Waals surface area contributed by atoms with Crippen LogP contribution in [0.5, 0.6) is 0 Å². The van der Waals surface area contributed by atoms with E-state index in [1.54, 1.807) is 18.2 Å². The number of aliphatic hydroxyl groups excluding tert-OH is 1. The van der Waals surface area contributed by atoms with Crippen LogP contribution in [0.4, 0.5) is 8.78 Å². The first-order valence-corrected chi connectivity index (χ1v) is 6.71. The Balaban J connectivity index is 2.20. The quantitative estimate of drug-likeness (QED) is 0.856. The molecule has 0 saturated heterocycles. The largest absolute Gasteiger partial charge is 0.388 e. The van der Waals surface area contributed by atoms with Gasteiger partial charge in [0.05, 0.1) is 6.10 Å². The van der Waals surface area contributed by atoms with Crippen LogP contribution in [-0.4, -0.2) is 5.11 Å². The van der Waals surface area contributed by atoms with Gasteiger partial charge in [0, 0.05) is 15.9 Å².